The van der Waals surface area contributed by atoms with E-state index >= 15 is 0 Å². The summed E-state index contributed by atoms with van der Waals surface area (Å²) in [6.07, 6.45) is 0. The Morgan fingerprint density at radius 3 is 2.40 bits per heavy atom. The molecule has 3 rings (SSSR count). The van der Waals surface area contributed by atoms with Crippen molar-refractivity contribution in [1.29, 1.82) is 0 Å². The van der Waals surface area contributed by atoms with Crippen LogP contribution in [0, 0.1) is 0 Å². The summed E-state index contributed by atoms with van der Waals surface area (Å²) in [5, 5.41) is 5.78. The number of rotatable bonds is 3. The van der Waals surface area contributed by atoms with Crippen LogP contribution in [0.5, 0.6) is 0 Å². The van der Waals surface area contributed by atoms with Gasteiger partial charge in [-0.3, -0.25) is 0 Å². The third-order valence-electron chi connectivity index (χ3n) is 3.39. The van der Waals surface area contributed by atoms with Gasteiger partial charge in [-0.25, -0.2) is 0 Å². The molecule has 4 heteroatoms. The predicted octanol–water partition coefficient (Wildman–Crippen LogP) is 5.52. The van der Waals surface area contributed by atoms with Crippen LogP contribution in [0.1, 0.15) is 17.2 Å². The number of hydrogen-bond donors (Lipinski definition) is 1. The summed E-state index contributed by atoms with van der Waals surface area (Å²) < 4.78 is 1.45. The van der Waals surface area contributed by atoms with Gasteiger partial charge in [-0.1, -0.05) is 59.6 Å². The van der Waals surface area contributed by atoms with Crippen molar-refractivity contribution < 1.29 is 0 Å². The second-order valence-electron chi connectivity index (χ2n) is 4.61. The number of fused-ring (bicyclic) bond motifs is 1. The molecule has 2 aromatic carbocycles. The lowest BCUT2D eigenvalue weighted by Gasteiger charge is -2.17. The third kappa shape index (κ3) is 2.57. The van der Waals surface area contributed by atoms with E-state index < -0.39 is 0 Å². The molecule has 0 aliphatic carbocycles. The fourth-order valence-corrected chi connectivity index (χ4v) is 3.97. The highest BCUT2D eigenvalue weighted by Crippen LogP contribution is 2.37. The van der Waals surface area contributed by atoms with Gasteiger partial charge in [-0.15, -0.1) is 11.3 Å². The van der Waals surface area contributed by atoms with Gasteiger partial charge in [0.1, 0.15) is 0 Å². The molecule has 1 unspecified atom stereocenters. The second kappa shape index (κ2) is 5.74. The van der Waals surface area contributed by atoms with Crippen LogP contribution < -0.4 is 5.32 Å². The SMILES string of the molecule is CNC(c1ccc2ccccc2c1)c1cc(Cl)sc1Cl. The topological polar surface area (TPSA) is 12.0 Å². The minimum Gasteiger partial charge on any atom is -0.309 e. The van der Waals surface area contributed by atoms with Crippen molar-refractivity contribution in [3.05, 3.63) is 68.3 Å². The number of thiophene rings is 1. The van der Waals surface area contributed by atoms with Gasteiger partial charge >= 0.3 is 0 Å². The molecular formula is C16H13Cl2NS. The number of nitrogens with one attached hydrogen (secondary N) is 1. The molecule has 0 amide bonds. The lowest BCUT2D eigenvalue weighted by atomic mass is 9.98. The molecule has 20 heavy (non-hydrogen) atoms. The lowest BCUT2D eigenvalue weighted by Crippen LogP contribution is -2.17. The Morgan fingerprint density at radius 2 is 1.75 bits per heavy atom. The largest absolute Gasteiger partial charge is 0.309 e. The maximum atomic E-state index is 6.28. The molecule has 0 radical (unpaired) electrons. The van der Waals surface area contributed by atoms with Crippen molar-refractivity contribution >= 4 is 45.3 Å². The molecule has 102 valence electrons. The molecule has 1 aromatic heterocycles. The van der Waals surface area contributed by atoms with E-state index in [0.717, 1.165) is 9.90 Å². The summed E-state index contributed by atoms with van der Waals surface area (Å²) in [6, 6.07) is 16.8. The van der Waals surface area contributed by atoms with Crippen molar-refractivity contribution in [2.45, 2.75) is 6.04 Å². The smallest absolute Gasteiger partial charge is 0.0995 e. The maximum Gasteiger partial charge on any atom is 0.0995 e. The molecule has 1 N–H and O–H groups in total. The Balaban J connectivity index is 2.09. The molecular weight excluding hydrogens is 309 g/mol. The zero-order valence-corrected chi connectivity index (χ0v) is 13.2. The molecule has 0 saturated heterocycles. The summed E-state index contributed by atoms with van der Waals surface area (Å²) in [6.45, 7) is 0. The molecule has 1 atom stereocenters. The first kappa shape index (κ1) is 13.9. The Kier molecular flexibility index (Phi) is 3.99. The normalized spacial score (nSPS) is 12.8. The van der Waals surface area contributed by atoms with Crippen molar-refractivity contribution in [2.24, 2.45) is 0 Å². The number of benzene rings is 2. The van der Waals surface area contributed by atoms with Crippen LogP contribution in [0.4, 0.5) is 0 Å². The summed E-state index contributed by atoms with van der Waals surface area (Å²) in [5.41, 5.74) is 2.21. The van der Waals surface area contributed by atoms with Crippen molar-refractivity contribution in [1.82, 2.24) is 5.32 Å². The first-order valence-corrected chi connectivity index (χ1v) is 7.87. The molecule has 0 spiro atoms. The average molecular weight is 322 g/mol. The van der Waals surface area contributed by atoms with E-state index in [1.165, 1.54) is 27.7 Å². The monoisotopic (exact) mass is 321 g/mol. The van der Waals surface area contributed by atoms with Crippen molar-refractivity contribution in [3.63, 3.8) is 0 Å². The molecule has 0 aliphatic rings. The summed E-state index contributed by atoms with van der Waals surface area (Å²) >= 11 is 13.7. The minimum atomic E-state index is 0.0517. The van der Waals surface area contributed by atoms with Gasteiger partial charge in [0.15, 0.2) is 0 Å². The highest BCUT2D eigenvalue weighted by atomic mass is 35.5. The molecule has 1 nitrogen and oxygen atoms in total. The van der Waals surface area contributed by atoms with Gasteiger partial charge in [0.2, 0.25) is 0 Å². The van der Waals surface area contributed by atoms with Crippen LogP contribution in [0.3, 0.4) is 0 Å². The van der Waals surface area contributed by atoms with Gasteiger partial charge < -0.3 is 5.32 Å². The Bertz CT molecular complexity index is 751. The Morgan fingerprint density at radius 1 is 1.00 bits per heavy atom. The third-order valence-corrected chi connectivity index (χ3v) is 4.91. The highest BCUT2D eigenvalue weighted by molar-refractivity contribution is 7.20. The first-order chi connectivity index (χ1) is 9.69. The maximum absolute atomic E-state index is 6.28. The number of hydrogen-bond acceptors (Lipinski definition) is 2. The fourth-order valence-electron chi connectivity index (χ4n) is 2.44. The lowest BCUT2D eigenvalue weighted by molar-refractivity contribution is 0.695. The van der Waals surface area contributed by atoms with Gasteiger partial charge in [0.05, 0.1) is 14.7 Å². The van der Waals surface area contributed by atoms with Crippen LogP contribution in [0.2, 0.25) is 8.67 Å². The van der Waals surface area contributed by atoms with Crippen molar-refractivity contribution in [2.75, 3.05) is 7.05 Å². The van der Waals surface area contributed by atoms with Crippen LogP contribution in [0.15, 0.2) is 48.5 Å². The van der Waals surface area contributed by atoms with E-state index in [4.69, 9.17) is 23.2 Å². The first-order valence-electron chi connectivity index (χ1n) is 6.29. The molecule has 3 aromatic rings. The van der Waals surface area contributed by atoms with E-state index in [1.54, 1.807) is 0 Å². The van der Waals surface area contributed by atoms with Crippen molar-refractivity contribution in [3.8, 4) is 0 Å². The second-order valence-corrected chi connectivity index (χ2v) is 6.89. The zero-order chi connectivity index (χ0) is 14.1. The average Bonchev–Trinajstić information content (AvgIpc) is 2.78. The Hall–Kier alpha value is -1.06. The van der Waals surface area contributed by atoms with E-state index in [0.29, 0.717) is 4.34 Å². The molecule has 0 fully saturated rings. The number of halogens is 2. The fraction of sp³-hybridized carbons (Fsp3) is 0.125. The quantitative estimate of drug-likeness (QED) is 0.670. The van der Waals surface area contributed by atoms with Gasteiger partial charge in [0, 0.05) is 5.56 Å². The predicted molar refractivity (Wildman–Crippen MR) is 89.2 cm³/mol. The van der Waals surface area contributed by atoms with E-state index in [2.05, 4.69) is 41.7 Å². The van der Waals surface area contributed by atoms with E-state index in [1.807, 2.05) is 19.2 Å². The summed E-state index contributed by atoms with van der Waals surface area (Å²) in [4.78, 5) is 0. The van der Waals surface area contributed by atoms with Gasteiger partial charge in [0.25, 0.3) is 0 Å². The molecule has 0 saturated carbocycles. The van der Waals surface area contributed by atoms with E-state index in [9.17, 15) is 0 Å². The molecule has 0 bridgehead atoms. The highest BCUT2D eigenvalue weighted by Gasteiger charge is 2.18. The zero-order valence-electron chi connectivity index (χ0n) is 10.9. The van der Waals surface area contributed by atoms with Crippen LogP contribution >= 0.6 is 34.5 Å². The standard InChI is InChI=1S/C16H13Cl2NS/c1-19-15(13-9-14(17)20-16(13)18)12-7-6-10-4-2-3-5-11(10)8-12/h2-9,15,19H,1H3. The van der Waals surface area contributed by atoms with Crippen LogP contribution in [0.25, 0.3) is 10.8 Å². The van der Waals surface area contributed by atoms with Gasteiger partial charge in [-0.2, -0.15) is 0 Å². The minimum absolute atomic E-state index is 0.0517. The summed E-state index contributed by atoms with van der Waals surface area (Å²) in [5.74, 6) is 0. The van der Waals surface area contributed by atoms with Crippen LogP contribution in [-0.4, -0.2) is 7.05 Å². The molecule has 0 aliphatic heterocycles. The molecule has 1 heterocycles. The van der Waals surface area contributed by atoms with Gasteiger partial charge in [-0.05, 0) is 35.5 Å². The van der Waals surface area contributed by atoms with E-state index in [-0.39, 0.29) is 6.04 Å². The Labute approximate surface area is 132 Å². The van der Waals surface area contributed by atoms with Crippen LogP contribution in [-0.2, 0) is 0 Å². The summed E-state index contributed by atoms with van der Waals surface area (Å²) in [7, 11) is 1.93.